The molecule has 4 amide bonds. The highest BCUT2D eigenvalue weighted by Crippen LogP contribution is 2.66. The first-order valence-electron chi connectivity index (χ1n) is 21.2. The number of urea groups is 1. The average molecular weight is 877 g/mol. The summed E-state index contributed by atoms with van der Waals surface area (Å²) in [4.78, 5) is 76.6. The highest BCUT2D eigenvalue weighted by molar-refractivity contribution is 6.25. The first-order chi connectivity index (χ1) is 31.5. The summed E-state index contributed by atoms with van der Waals surface area (Å²) in [6.45, 7) is 2.95. The Bertz CT molecular complexity index is 2680. The third-order valence-electron chi connectivity index (χ3n) is 12.4. The molecule has 3 aliphatic heterocycles. The van der Waals surface area contributed by atoms with Crippen LogP contribution < -0.4 is 25.4 Å². The van der Waals surface area contributed by atoms with Crippen molar-refractivity contribution in [2.45, 2.75) is 49.5 Å². The molecule has 3 aliphatic rings. The first-order valence-corrected chi connectivity index (χ1v) is 21.2. The van der Waals surface area contributed by atoms with Crippen LogP contribution in [0.15, 0.2) is 127 Å². The van der Waals surface area contributed by atoms with Crippen molar-refractivity contribution in [3.8, 4) is 23.3 Å². The van der Waals surface area contributed by atoms with Crippen LogP contribution in [0.5, 0.6) is 11.5 Å². The number of carbonyl (C=O) groups is 5. The van der Waals surface area contributed by atoms with Gasteiger partial charge in [0.2, 0.25) is 11.8 Å². The van der Waals surface area contributed by atoms with Gasteiger partial charge in [-0.25, -0.2) is 14.5 Å². The van der Waals surface area contributed by atoms with Gasteiger partial charge in [0.15, 0.2) is 0 Å². The number of imide groups is 1. The van der Waals surface area contributed by atoms with Gasteiger partial charge < -0.3 is 35.1 Å². The predicted octanol–water partition coefficient (Wildman–Crippen LogP) is 5.52. The number of carbonyl (C=O) groups excluding carboxylic acids is 5. The maximum absolute atomic E-state index is 16.3. The molecule has 0 aromatic heterocycles. The number of amides is 4. The zero-order valence-electron chi connectivity index (χ0n) is 36.2. The Kier molecular flexibility index (Phi) is 12.4. The number of para-hydroxylation sites is 1. The Hall–Kier alpha value is -7.47. The van der Waals surface area contributed by atoms with Crippen molar-refractivity contribution in [3.63, 3.8) is 0 Å². The number of aliphatic hydroxyl groups is 1. The van der Waals surface area contributed by atoms with Gasteiger partial charge in [-0.2, -0.15) is 0 Å². The summed E-state index contributed by atoms with van der Waals surface area (Å²) < 4.78 is 23.0. The van der Waals surface area contributed by atoms with Crippen molar-refractivity contribution < 1.29 is 48.0 Å². The number of fused-ring (bicyclic) bond motifs is 3. The number of cyclic esters (lactones) is 1. The summed E-state index contributed by atoms with van der Waals surface area (Å²) in [5.41, 5.74) is 7.35. The van der Waals surface area contributed by atoms with Gasteiger partial charge in [0.1, 0.15) is 41.7 Å². The number of nitrogens with zero attached hydrogens (tertiary/aromatic N) is 2. The highest BCUT2D eigenvalue weighted by atomic mass is 16.6. The summed E-state index contributed by atoms with van der Waals surface area (Å²) in [7, 11) is 2.76. The second kappa shape index (κ2) is 18.3. The molecule has 65 heavy (non-hydrogen) atoms. The van der Waals surface area contributed by atoms with Crippen LogP contribution >= 0.6 is 0 Å². The van der Waals surface area contributed by atoms with E-state index in [0.717, 1.165) is 4.90 Å². The van der Waals surface area contributed by atoms with Crippen LogP contribution in [-0.4, -0.2) is 79.3 Å². The van der Waals surface area contributed by atoms with E-state index in [1.54, 1.807) is 87.7 Å². The first kappa shape index (κ1) is 44.1. The van der Waals surface area contributed by atoms with E-state index in [2.05, 4.69) is 17.2 Å². The second-order valence-electron chi connectivity index (χ2n) is 16.3. The van der Waals surface area contributed by atoms with Crippen molar-refractivity contribution in [2.75, 3.05) is 32.3 Å². The summed E-state index contributed by atoms with van der Waals surface area (Å²) in [5, 5.41) is 12.7. The number of anilines is 1. The topological polar surface area (TPSA) is 187 Å². The zero-order chi connectivity index (χ0) is 46.0. The van der Waals surface area contributed by atoms with Gasteiger partial charge in [0, 0.05) is 16.7 Å². The summed E-state index contributed by atoms with van der Waals surface area (Å²) in [5.74, 6) is 1.62. The van der Waals surface area contributed by atoms with Crippen LogP contribution in [0, 0.1) is 23.7 Å². The van der Waals surface area contributed by atoms with Crippen LogP contribution in [0.4, 0.5) is 10.5 Å². The van der Waals surface area contributed by atoms with Crippen LogP contribution in [0.1, 0.15) is 65.4 Å². The molecule has 5 aromatic rings. The van der Waals surface area contributed by atoms with E-state index in [1.165, 1.54) is 7.11 Å². The molecule has 0 aliphatic carbocycles. The van der Waals surface area contributed by atoms with Gasteiger partial charge in [0.05, 0.1) is 44.5 Å². The molecule has 0 radical (unpaired) electrons. The van der Waals surface area contributed by atoms with Crippen LogP contribution in [0.3, 0.4) is 0 Å². The third kappa shape index (κ3) is 7.72. The second-order valence-corrected chi connectivity index (χ2v) is 16.3. The van der Waals surface area contributed by atoms with E-state index >= 15 is 9.59 Å². The fourth-order valence-electron chi connectivity index (χ4n) is 9.62. The monoisotopic (exact) mass is 876 g/mol. The van der Waals surface area contributed by atoms with E-state index in [9.17, 15) is 19.5 Å². The molecule has 3 heterocycles. The lowest BCUT2D eigenvalue weighted by Gasteiger charge is -2.46. The van der Waals surface area contributed by atoms with E-state index < -0.39 is 77.3 Å². The number of nitrogens with two attached hydrogens (primary N) is 1. The third-order valence-corrected chi connectivity index (χ3v) is 12.4. The minimum absolute atomic E-state index is 0.0731. The summed E-state index contributed by atoms with van der Waals surface area (Å²) >= 11 is 0. The normalized spacial score (nSPS) is 22.6. The lowest BCUT2D eigenvalue weighted by atomic mass is 9.65. The van der Waals surface area contributed by atoms with Crippen molar-refractivity contribution in [2.24, 2.45) is 17.6 Å². The summed E-state index contributed by atoms with van der Waals surface area (Å²) in [6, 6.07) is 31.5. The molecule has 0 saturated carbocycles. The van der Waals surface area contributed by atoms with E-state index in [0.29, 0.717) is 33.6 Å². The molecule has 7 atom stereocenters. The minimum Gasteiger partial charge on any atom is -0.497 e. The van der Waals surface area contributed by atoms with Crippen LogP contribution in [0.2, 0.25) is 0 Å². The molecule has 8 rings (SSSR count). The zero-order valence-corrected chi connectivity index (χ0v) is 36.2. The number of benzene rings is 5. The molecule has 1 spiro atoms. The van der Waals surface area contributed by atoms with Crippen molar-refractivity contribution >= 4 is 35.5 Å². The quantitative estimate of drug-likeness (QED) is 0.112. The van der Waals surface area contributed by atoms with Crippen molar-refractivity contribution in [3.05, 3.63) is 161 Å². The Balaban J connectivity index is 1.45. The standard InChI is InChI=1S/C51H48N4O10/c1-30(2)41(47(58)63-4)53-50(61)54-38-26-23-32(20-19-31-21-24-35(62-3)25-22-31)29-37(38)51(49(54)60)40(46(52)57)43-48(59)65-44(34-15-9-6-10-16-34)42(33-13-7-5-8-14-33)55(43)45(51)36-17-11-12-18-39(36)64-28-27-56/h5-18,21-26,29-30,40-45,56H,27-28H2,1-4H3,(H2,52,57)(H,53,61)/t40-,41-,42-,43-,44+,45+,51-/m0/s1. The Morgan fingerprint density at radius 2 is 1.46 bits per heavy atom. The Morgan fingerprint density at radius 3 is 2.09 bits per heavy atom. The van der Waals surface area contributed by atoms with E-state index in [-0.39, 0.29) is 30.2 Å². The van der Waals surface area contributed by atoms with Crippen LogP contribution in [-0.2, 0) is 34.1 Å². The lowest BCUT2D eigenvalue weighted by Crippen LogP contribution is -2.57. The van der Waals surface area contributed by atoms with Gasteiger partial charge in [-0.15, -0.1) is 0 Å². The molecule has 14 nitrogen and oxygen atoms in total. The fraction of sp³-hybridized carbons (Fsp3) is 0.275. The Morgan fingerprint density at radius 1 is 0.831 bits per heavy atom. The van der Waals surface area contributed by atoms with Gasteiger partial charge in [-0.05, 0) is 71.1 Å². The molecular weight excluding hydrogens is 829 g/mol. The number of hydrogen-bond acceptors (Lipinski definition) is 11. The number of hydrogen-bond donors (Lipinski definition) is 3. The number of esters is 2. The Labute approximate surface area is 376 Å². The molecule has 14 heteroatoms. The van der Waals surface area contributed by atoms with Crippen molar-refractivity contribution in [1.82, 2.24) is 10.2 Å². The van der Waals surface area contributed by atoms with E-state index in [1.807, 2.05) is 65.6 Å². The van der Waals surface area contributed by atoms with Gasteiger partial charge in [-0.1, -0.05) is 105 Å². The fourth-order valence-corrected chi connectivity index (χ4v) is 9.62. The molecule has 4 N–H and O–H groups in total. The largest absolute Gasteiger partial charge is 0.497 e. The molecule has 5 aromatic carbocycles. The average Bonchev–Trinajstić information content (AvgIpc) is 3.78. The number of morpholine rings is 1. The number of methoxy groups -OCH3 is 2. The maximum Gasteiger partial charge on any atom is 0.329 e. The molecule has 332 valence electrons. The highest BCUT2D eigenvalue weighted by Gasteiger charge is 2.75. The van der Waals surface area contributed by atoms with Gasteiger partial charge in [0.25, 0.3) is 0 Å². The molecular formula is C51H48N4O10. The van der Waals surface area contributed by atoms with Crippen LogP contribution in [0.25, 0.3) is 0 Å². The van der Waals surface area contributed by atoms with Gasteiger partial charge in [-0.3, -0.25) is 19.3 Å². The number of nitrogens with one attached hydrogen (secondary N) is 1. The predicted molar refractivity (Wildman–Crippen MR) is 238 cm³/mol. The van der Waals surface area contributed by atoms with Crippen molar-refractivity contribution in [1.29, 1.82) is 0 Å². The SMILES string of the molecule is COC(=O)[C@@H](NC(=O)N1C(=O)[C@@]2(c3cc(C#Cc4ccc(OC)cc4)ccc31)[C@H](C(N)=O)[C@H]1C(=O)O[C@H](c3ccccc3)[C@H](c3ccccc3)N1[C@@H]2c1ccccc1OCCO)C(C)C. The molecule has 0 bridgehead atoms. The van der Waals surface area contributed by atoms with E-state index in [4.69, 9.17) is 24.7 Å². The minimum atomic E-state index is -2.17. The number of primary amides is 1. The number of ether oxygens (including phenoxy) is 4. The van der Waals surface area contributed by atoms with Gasteiger partial charge >= 0.3 is 18.0 Å². The lowest BCUT2D eigenvalue weighted by molar-refractivity contribution is -0.178. The number of aliphatic hydroxyl groups excluding tert-OH is 1. The molecule has 2 saturated heterocycles. The molecule has 0 unspecified atom stereocenters. The maximum atomic E-state index is 16.3. The number of rotatable bonds is 11. The summed E-state index contributed by atoms with van der Waals surface area (Å²) in [6.07, 6.45) is -0.969. The molecule has 2 fully saturated rings. The smallest absolute Gasteiger partial charge is 0.329 e.